The largest absolute Gasteiger partial charge is 0.350 e. The van der Waals surface area contributed by atoms with E-state index in [4.69, 9.17) is 4.52 Å². The summed E-state index contributed by atoms with van der Waals surface area (Å²) < 4.78 is 36.4. The Balaban J connectivity index is 1.55. The summed E-state index contributed by atoms with van der Waals surface area (Å²) in [4.78, 5) is 27.5. The molecule has 158 valence electrons. The molecule has 11 heteroatoms. The molecule has 2 amide bonds. The summed E-state index contributed by atoms with van der Waals surface area (Å²) in [5.74, 6) is -5.03. The van der Waals surface area contributed by atoms with Gasteiger partial charge in [-0.3, -0.25) is 14.3 Å². The van der Waals surface area contributed by atoms with Crippen LogP contribution in [0.1, 0.15) is 23.9 Å². The standard InChI is InChI=1S/C19H20F2N6O3/c1-11-13-4-3-12(7-15(13)26(2)24-11)17-23-18(30-25-17)14-5-6-27(9-19(14,20)21)16(29)8-22-10-28/h3-4,7,10,14H,5-6,8-9H2,1-2H3,(H,22,28). The molecule has 0 radical (unpaired) electrons. The lowest BCUT2D eigenvalue weighted by Gasteiger charge is -2.36. The zero-order chi connectivity index (χ0) is 21.5. The fraction of sp³-hybridized carbons (Fsp3) is 0.421. The summed E-state index contributed by atoms with van der Waals surface area (Å²) in [5.41, 5.74) is 2.39. The maximum Gasteiger partial charge on any atom is 0.276 e. The molecule has 1 fully saturated rings. The van der Waals surface area contributed by atoms with Crippen molar-refractivity contribution in [1.82, 2.24) is 30.1 Å². The van der Waals surface area contributed by atoms with Gasteiger partial charge in [-0.1, -0.05) is 17.3 Å². The van der Waals surface area contributed by atoms with E-state index in [0.717, 1.165) is 21.5 Å². The van der Waals surface area contributed by atoms with Crippen LogP contribution in [0.25, 0.3) is 22.3 Å². The second kappa shape index (κ2) is 7.47. The van der Waals surface area contributed by atoms with Gasteiger partial charge in [0.2, 0.25) is 24.0 Å². The van der Waals surface area contributed by atoms with Crippen molar-refractivity contribution in [3.05, 3.63) is 29.8 Å². The molecular formula is C19H20F2N6O3. The molecule has 1 aliphatic heterocycles. The highest BCUT2D eigenvalue weighted by Gasteiger charge is 2.49. The molecule has 1 atom stereocenters. The lowest BCUT2D eigenvalue weighted by molar-refractivity contribution is -0.144. The first-order valence-electron chi connectivity index (χ1n) is 9.40. The number of nitrogens with one attached hydrogen (secondary N) is 1. The number of carbonyl (C=O) groups is 2. The zero-order valence-corrected chi connectivity index (χ0v) is 16.4. The van der Waals surface area contributed by atoms with Crippen LogP contribution in [0.3, 0.4) is 0 Å². The average Bonchev–Trinajstić information content (AvgIpc) is 3.30. The fourth-order valence-electron chi connectivity index (χ4n) is 3.77. The third kappa shape index (κ3) is 3.51. The first kappa shape index (κ1) is 19.9. The molecular weight excluding hydrogens is 398 g/mol. The van der Waals surface area contributed by atoms with E-state index in [1.165, 1.54) is 0 Å². The van der Waals surface area contributed by atoms with Gasteiger partial charge in [0.25, 0.3) is 5.92 Å². The Labute approximate surface area is 170 Å². The van der Waals surface area contributed by atoms with E-state index in [9.17, 15) is 18.4 Å². The Hall–Kier alpha value is -3.37. The summed E-state index contributed by atoms with van der Waals surface area (Å²) in [7, 11) is 1.82. The number of likely N-dealkylation sites (tertiary alicyclic amines) is 1. The van der Waals surface area contributed by atoms with E-state index >= 15 is 0 Å². The predicted octanol–water partition coefficient (Wildman–Crippen LogP) is 1.63. The Morgan fingerprint density at radius 2 is 2.23 bits per heavy atom. The summed E-state index contributed by atoms with van der Waals surface area (Å²) in [6, 6.07) is 5.52. The third-order valence-electron chi connectivity index (χ3n) is 5.32. The first-order chi connectivity index (χ1) is 14.3. The monoisotopic (exact) mass is 418 g/mol. The Morgan fingerprint density at radius 3 is 2.97 bits per heavy atom. The minimum Gasteiger partial charge on any atom is -0.350 e. The van der Waals surface area contributed by atoms with E-state index in [0.29, 0.717) is 12.0 Å². The van der Waals surface area contributed by atoms with Crippen molar-refractivity contribution in [2.24, 2.45) is 7.05 Å². The SMILES string of the molecule is Cc1nn(C)c2cc(-c3noc(C4CCN(C(=O)CNC=O)CC4(F)F)n3)ccc12. The number of hydrogen-bond acceptors (Lipinski definition) is 6. The molecule has 1 saturated heterocycles. The van der Waals surface area contributed by atoms with E-state index in [-0.39, 0.29) is 31.2 Å². The van der Waals surface area contributed by atoms with Crippen molar-refractivity contribution < 1.29 is 22.9 Å². The van der Waals surface area contributed by atoms with Gasteiger partial charge in [0.1, 0.15) is 5.92 Å². The minimum absolute atomic E-state index is 0.0264. The van der Waals surface area contributed by atoms with Crippen molar-refractivity contribution in [3.63, 3.8) is 0 Å². The number of fused-ring (bicyclic) bond motifs is 1. The number of hydrogen-bond donors (Lipinski definition) is 1. The number of benzene rings is 1. The van der Waals surface area contributed by atoms with Crippen molar-refractivity contribution >= 4 is 23.2 Å². The molecule has 2 aromatic heterocycles. The molecule has 1 aliphatic rings. The van der Waals surface area contributed by atoms with Gasteiger partial charge in [-0.15, -0.1) is 0 Å². The molecule has 1 N–H and O–H groups in total. The normalized spacial score (nSPS) is 18.5. The number of halogens is 2. The molecule has 9 nitrogen and oxygen atoms in total. The molecule has 0 bridgehead atoms. The second-order valence-corrected chi connectivity index (χ2v) is 7.31. The highest BCUT2D eigenvalue weighted by Crippen LogP contribution is 2.40. The number of aryl methyl sites for hydroxylation is 2. The summed E-state index contributed by atoms with van der Waals surface area (Å²) >= 11 is 0. The van der Waals surface area contributed by atoms with Crippen molar-refractivity contribution in [3.8, 4) is 11.4 Å². The number of piperidine rings is 1. The second-order valence-electron chi connectivity index (χ2n) is 7.31. The molecule has 3 heterocycles. The van der Waals surface area contributed by atoms with E-state index in [1.807, 2.05) is 26.1 Å². The van der Waals surface area contributed by atoms with Gasteiger partial charge >= 0.3 is 0 Å². The Bertz CT molecular complexity index is 1110. The summed E-state index contributed by atoms with van der Waals surface area (Å²) in [5, 5.41) is 11.4. The number of rotatable bonds is 5. The predicted molar refractivity (Wildman–Crippen MR) is 102 cm³/mol. The summed E-state index contributed by atoms with van der Waals surface area (Å²) in [6.45, 7) is 0.931. The van der Waals surface area contributed by atoms with Crippen LogP contribution in [0.15, 0.2) is 22.7 Å². The maximum atomic E-state index is 14.7. The smallest absolute Gasteiger partial charge is 0.276 e. The van der Waals surface area contributed by atoms with E-state index < -0.39 is 24.3 Å². The quantitative estimate of drug-likeness (QED) is 0.632. The van der Waals surface area contributed by atoms with Crippen LogP contribution in [0.4, 0.5) is 8.78 Å². The molecule has 4 rings (SSSR count). The van der Waals surface area contributed by atoms with Gasteiger partial charge in [0.15, 0.2) is 0 Å². The highest BCUT2D eigenvalue weighted by molar-refractivity contribution is 5.85. The molecule has 30 heavy (non-hydrogen) atoms. The van der Waals surface area contributed by atoms with E-state index in [1.54, 1.807) is 10.7 Å². The molecule has 1 unspecified atom stereocenters. The Morgan fingerprint density at radius 1 is 1.43 bits per heavy atom. The van der Waals surface area contributed by atoms with Crippen molar-refractivity contribution in [1.29, 1.82) is 0 Å². The molecule has 1 aromatic carbocycles. The van der Waals surface area contributed by atoms with Crippen molar-refractivity contribution in [2.75, 3.05) is 19.6 Å². The first-order valence-corrected chi connectivity index (χ1v) is 9.40. The molecule has 0 spiro atoms. The summed E-state index contributed by atoms with van der Waals surface area (Å²) in [6.07, 6.45) is 0.328. The van der Waals surface area contributed by atoms with E-state index in [2.05, 4.69) is 20.6 Å². The fourth-order valence-corrected chi connectivity index (χ4v) is 3.77. The van der Waals surface area contributed by atoms with Gasteiger partial charge in [-0.25, -0.2) is 8.78 Å². The number of carbonyl (C=O) groups excluding carboxylic acids is 2. The van der Waals surface area contributed by atoms with Crippen LogP contribution in [-0.4, -0.2) is 62.7 Å². The number of nitrogens with zero attached hydrogens (tertiary/aromatic N) is 5. The molecule has 0 saturated carbocycles. The van der Waals surface area contributed by atoms with Crippen LogP contribution in [0, 0.1) is 6.92 Å². The van der Waals surface area contributed by atoms with Crippen LogP contribution >= 0.6 is 0 Å². The molecule has 3 aromatic rings. The zero-order valence-electron chi connectivity index (χ0n) is 16.4. The lowest BCUT2D eigenvalue weighted by Crippen LogP contribution is -2.51. The van der Waals surface area contributed by atoms with Crippen LogP contribution < -0.4 is 5.32 Å². The van der Waals surface area contributed by atoms with Gasteiger partial charge < -0.3 is 14.7 Å². The topological polar surface area (TPSA) is 106 Å². The maximum absolute atomic E-state index is 14.7. The van der Waals surface area contributed by atoms with Gasteiger partial charge in [0, 0.05) is 24.5 Å². The lowest BCUT2D eigenvalue weighted by atomic mass is 9.92. The minimum atomic E-state index is -3.23. The highest BCUT2D eigenvalue weighted by atomic mass is 19.3. The van der Waals surface area contributed by atoms with Gasteiger partial charge in [-0.05, 0) is 19.4 Å². The average molecular weight is 418 g/mol. The number of alkyl halides is 2. The van der Waals surface area contributed by atoms with Crippen LogP contribution in [0.2, 0.25) is 0 Å². The third-order valence-corrected chi connectivity index (χ3v) is 5.32. The van der Waals surface area contributed by atoms with Gasteiger partial charge in [0.05, 0.1) is 24.3 Å². The number of aromatic nitrogens is 4. The molecule has 0 aliphatic carbocycles. The number of amides is 2. The van der Waals surface area contributed by atoms with Crippen LogP contribution in [0.5, 0.6) is 0 Å². The van der Waals surface area contributed by atoms with Crippen molar-refractivity contribution in [2.45, 2.75) is 25.2 Å². The van der Waals surface area contributed by atoms with Gasteiger partial charge in [-0.2, -0.15) is 10.1 Å². The Kier molecular flexibility index (Phi) is 4.96. The van der Waals surface area contributed by atoms with Crippen LogP contribution in [-0.2, 0) is 16.6 Å².